The van der Waals surface area contributed by atoms with Gasteiger partial charge in [0.05, 0.1) is 12.0 Å². The molecule has 3 N–H and O–H groups in total. The fourth-order valence-corrected chi connectivity index (χ4v) is 4.25. The van der Waals surface area contributed by atoms with Gasteiger partial charge in [-0.1, -0.05) is 62.4 Å². The first-order valence-electron chi connectivity index (χ1n) is 11.4. The van der Waals surface area contributed by atoms with E-state index >= 15 is 0 Å². The molecule has 182 valence electrons. The maximum absolute atomic E-state index is 12.8. The van der Waals surface area contributed by atoms with Crippen LogP contribution in [0.2, 0.25) is 0 Å². The zero-order chi connectivity index (χ0) is 24.8. The predicted molar refractivity (Wildman–Crippen MR) is 127 cm³/mol. The SMILES string of the molecule is COC(C)C(NC(=O)C(CNC(=O)OCC1c2ccccc2-c2ccccc21)C(C)C)C(=O)O. The Morgan fingerprint density at radius 3 is 2.03 bits per heavy atom. The van der Waals surface area contributed by atoms with Crippen molar-refractivity contribution in [3.8, 4) is 11.1 Å². The van der Waals surface area contributed by atoms with Crippen molar-refractivity contribution in [2.75, 3.05) is 20.3 Å². The van der Waals surface area contributed by atoms with Crippen molar-refractivity contribution in [2.45, 2.75) is 38.8 Å². The second kappa shape index (κ2) is 11.2. The predicted octanol–water partition coefficient (Wildman–Crippen LogP) is 3.40. The number of nitrogens with one attached hydrogen (secondary N) is 2. The summed E-state index contributed by atoms with van der Waals surface area (Å²) in [6, 6.07) is 14.9. The fraction of sp³-hybridized carbons (Fsp3) is 0.423. The van der Waals surface area contributed by atoms with Gasteiger partial charge in [0.1, 0.15) is 6.61 Å². The molecule has 2 aromatic rings. The van der Waals surface area contributed by atoms with Crippen LogP contribution in [0.3, 0.4) is 0 Å². The van der Waals surface area contributed by atoms with Crippen LogP contribution in [0.15, 0.2) is 48.5 Å². The van der Waals surface area contributed by atoms with Crippen LogP contribution in [-0.2, 0) is 19.1 Å². The van der Waals surface area contributed by atoms with E-state index in [2.05, 4.69) is 22.8 Å². The van der Waals surface area contributed by atoms with Crippen molar-refractivity contribution in [3.63, 3.8) is 0 Å². The second-order valence-electron chi connectivity index (χ2n) is 8.82. The van der Waals surface area contributed by atoms with Gasteiger partial charge in [-0.3, -0.25) is 4.79 Å². The monoisotopic (exact) mass is 468 g/mol. The molecule has 8 nitrogen and oxygen atoms in total. The van der Waals surface area contributed by atoms with E-state index in [-0.39, 0.29) is 25.0 Å². The fourth-order valence-electron chi connectivity index (χ4n) is 4.25. The Labute approximate surface area is 199 Å². The highest BCUT2D eigenvalue weighted by Gasteiger charge is 2.32. The lowest BCUT2D eigenvalue weighted by atomic mass is 9.94. The highest BCUT2D eigenvalue weighted by atomic mass is 16.5. The van der Waals surface area contributed by atoms with E-state index in [0.29, 0.717) is 0 Å². The Bertz CT molecular complexity index is 992. The summed E-state index contributed by atoms with van der Waals surface area (Å²) in [4.78, 5) is 36.7. The number of methoxy groups -OCH3 is 1. The minimum absolute atomic E-state index is 0.0217. The molecule has 0 radical (unpaired) electrons. The van der Waals surface area contributed by atoms with Gasteiger partial charge in [0.15, 0.2) is 6.04 Å². The highest BCUT2D eigenvalue weighted by Crippen LogP contribution is 2.44. The Kier molecular flexibility index (Phi) is 8.28. The van der Waals surface area contributed by atoms with E-state index in [1.165, 1.54) is 7.11 Å². The maximum atomic E-state index is 12.8. The largest absolute Gasteiger partial charge is 0.480 e. The van der Waals surface area contributed by atoms with E-state index in [9.17, 15) is 19.5 Å². The van der Waals surface area contributed by atoms with Crippen molar-refractivity contribution < 1.29 is 29.0 Å². The van der Waals surface area contributed by atoms with Gasteiger partial charge < -0.3 is 25.2 Å². The van der Waals surface area contributed by atoms with Gasteiger partial charge in [-0.25, -0.2) is 9.59 Å². The molecular weight excluding hydrogens is 436 g/mol. The molecule has 0 bridgehead atoms. The van der Waals surface area contributed by atoms with Crippen LogP contribution in [0.25, 0.3) is 11.1 Å². The molecule has 8 heteroatoms. The first-order valence-corrected chi connectivity index (χ1v) is 11.4. The Hall–Kier alpha value is -3.39. The van der Waals surface area contributed by atoms with Gasteiger partial charge in [0.25, 0.3) is 0 Å². The third kappa shape index (κ3) is 5.56. The number of hydrogen-bond acceptors (Lipinski definition) is 5. The lowest BCUT2D eigenvalue weighted by Gasteiger charge is -2.25. The van der Waals surface area contributed by atoms with Crippen LogP contribution in [0.1, 0.15) is 37.8 Å². The van der Waals surface area contributed by atoms with Crippen molar-refractivity contribution >= 4 is 18.0 Å². The summed E-state index contributed by atoms with van der Waals surface area (Å²) in [7, 11) is 1.38. The molecule has 2 amide bonds. The molecule has 0 saturated carbocycles. The summed E-state index contributed by atoms with van der Waals surface area (Å²) in [6.07, 6.45) is -1.33. The number of carbonyl (C=O) groups excluding carboxylic acids is 2. The Morgan fingerprint density at radius 1 is 0.971 bits per heavy atom. The number of fused-ring (bicyclic) bond motifs is 3. The van der Waals surface area contributed by atoms with Crippen LogP contribution in [-0.4, -0.2) is 55.5 Å². The summed E-state index contributed by atoms with van der Waals surface area (Å²) < 4.78 is 10.6. The number of amides is 2. The van der Waals surface area contributed by atoms with Crippen LogP contribution in [0.4, 0.5) is 4.79 Å². The topological polar surface area (TPSA) is 114 Å². The van der Waals surface area contributed by atoms with E-state index in [1.54, 1.807) is 6.92 Å². The summed E-state index contributed by atoms with van der Waals surface area (Å²) >= 11 is 0. The number of rotatable bonds is 10. The first-order chi connectivity index (χ1) is 16.2. The number of benzene rings is 2. The number of carboxylic acids is 1. The van der Waals surface area contributed by atoms with E-state index in [0.717, 1.165) is 22.3 Å². The van der Waals surface area contributed by atoms with Crippen molar-refractivity contribution in [3.05, 3.63) is 59.7 Å². The molecule has 3 rings (SSSR count). The zero-order valence-corrected chi connectivity index (χ0v) is 19.9. The van der Waals surface area contributed by atoms with Crippen LogP contribution >= 0.6 is 0 Å². The normalized spacial score (nSPS) is 15.1. The highest BCUT2D eigenvalue weighted by molar-refractivity contribution is 5.86. The average Bonchev–Trinajstić information content (AvgIpc) is 3.14. The van der Waals surface area contributed by atoms with Gasteiger partial charge in [-0.15, -0.1) is 0 Å². The van der Waals surface area contributed by atoms with E-state index < -0.39 is 36.0 Å². The van der Waals surface area contributed by atoms with Gasteiger partial charge in [-0.2, -0.15) is 0 Å². The quantitative estimate of drug-likeness (QED) is 0.493. The van der Waals surface area contributed by atoms with Crippen LogP contribution in [0.5, 0.6) is 0 Å². The molecule has 1 aliphatic carbocycles. The van der Waals surface area contributed by atoms with E-state index in [1.807, 2.05) is 50.2 Å². The molecule has 0 fully saturated rings. The smallest absolute Gasteiger partial charge is 0.407 e. The van der Waals surface area contributed by atoms with Crippen molar-refractivity contribution in [2.24, 2.45) is 11.8 Å². The van der Waals surface area contributed by atoms with Crippen molar-refractivity contribution in [1.29, 1.82) is 0 Å². The first kappa shape index (κ1) is 25.2. The summed E-state index contributed by atoms with van der Waals surface area (Å²) in [5.74, 6) is -2.48. The standard InChI is InChI=1S/C26H32N2O6/c1-15(2)21(24(29)28-23(25(30)31)16(3)33-4)13-27-26(32)34-14-22-19-11-7-5-9-17(19)18-10-6-8-12-20(18)22/h5-12,15-16,21-23H,13-14H2,1-4H3,(H,27,32)(H,28,29)(H,30,31). The molecule has 3 atom stereocenters. The molecule has 34 heavy (non-hydrogen) atoms. The average molecular weight is 469 g/mol. The molecule has 0 aromatic heterocycles. The molecule has 2 aromatic carbocycles. The van der Waals surface area contributed by atoms with Gasteiger partial charge in [0.2, 0.25) is 5.91 Å². The molecule has 0 saturated heterocycles. The summed E-state index contributed by atoms with van der Waals surface area (Å²) in [5.41, 5.74) is 4.51. The number of hydrogen-bond donors (Lipinski definition) is 3. The minimum Gasteiger partial charge on any atom is -0.480 e. The molecule has 0 aliphatic heterocycles. The Morgan fingerprint density at radius 2 is 1.53 bits per heavy atom. The maximum Gasteiger partial charge on any atom is 0.407 e. The van der Waals surface area contributed by atoms with Crippen LogP contribution < -0.4 is 10.6 Å². The van der Waals surface area contributed by atoms with Gasteiger partial charge >= 0.3 is 12.1 Å². The Balaban J connectivity index is 1.59. The number of aliphatic carboxylic acids is 1. The molecule has 1 aliphatic rings. The summed E-state index contributed by atoms with van der Waals surface area (Å²) in [5, 5.41) is 14.6. The summed E-state index contributed by atoms with van der Waals surface area (Å²) in [6.45, 7) is 5.43. The lowest BCUT2D eigenvalue weighted by molar-refractivity contribution is -0.146. The lowest BCUT2D eigenvalue weighted by Crippen LogP contribution is -2.52. The minimum atomic E-state index is -1.19. The third-order valence-electron chi connectivity index (χ3n) is 6.36. The van der Waals surface area contributed by atoms with Gasteiger partial charge in [0, 0.05) is 19.6 Å². The van der Waals surface area contributed by atoms with E-state index in [4.69, 9.17) is 9.47 Å². The van der Waals surface area contributed by atoms with Gasteiger partial charge in [-0.05, 0) is 35.1 Å². The third-order valence-corrected chi connectivity index (χ3v) is 6.36. The van der Waals surface area contributed by atoms with Crippen molar-refractivity contribution in [1.82, 2.24) is 10.6 Å². The zero-order valence-electron chi connectivity index (χ0n) is 19.9. The molecule has 0 heterocycles. The number of carboxylic acid groups (broad SMARTS) is 1. The molecule has 3 unspecified atom stereocenters. The number of alkyl carbamates (subject to hydrolysis) is 1. The number of ether oxygens (including phenoxy) is 2. The number of carbonyl (C=O) groups is 3. The second-order valence-corrected chi connectivity index (χ2v) is 8.82. The molecular formula is C26H32N2O6. The van der Waals surface area contributed by atoms with Crippen LogP contribution in [0, 0.1) is 11.8 Å². The molecule has 0 spiro atoms.